The molecule has 1 fully saturated rings. The van der Waals surface area contributed by atoms with Crippen molar-refractivity contribution in [2.24, 2.45) is 0 Å². The first-order chi connectivity index (χ1) is 8.57. The summed E-state index contributed by atoms with van der Waals surface area (Å²) in [6.07, 6.45) is -3.40. The molecule has 0 radical (unpaired) electrons. The lowest BCUT2D eigenvalue weighted by atomic mass is 9.77. The van der Waals surface area contributed by atoms with Crippen molar-refractivity contribution in [2.45, 2.75) is 50.9 Å². The average molecular weight is 282 g/mol. The van der Waals surface area contributed by atoms with Crippen LogP contribution in [0.4, 0.5) is 18.0 Å². The average Bonchev–Trinajstić information content (AvgIpc) is 2.17. The Morgan fingerprint density at radius 3 is 2.16 bits per heavy atom. The van der Waals surface area contributed by atoms with Gasteiger partial charge in [-0.2, -0.15) is 13.2 Å². The van der Waals surface area contributed by atoms with Gasteiger partial charge in [0.05, 0.1) is 0 Å². The number of hydrogen-bond donors (Lipinski definition) is 2. The number of nitrogens with zero attached hydrogens (tertiary/aromatic N) is 1. The molecule has 0 saturated heterocycles. The SMILES string of the molecule is CC(C)N(CC(F)(F)F)C(=O)NC1(C(=O)O)CCC1. The second kappa shape index (κ2) is 5.26. The Balaban J connectivity index is 2.75. The Bertz CT molecular complexity index is 365. The molecule has 0 aromatic heterocycles. The van der Waals surface area contributed by atoms with E-state index in [1.807, 2.05) is 0 Å². The van der Waals surface area contributed by atoms with Gasteiger partial charge in [-0.15, -0.1) is 0 Å². The lowest BCUT2D eigenvalue weighted by Gasteiger charge is -2.40. The molecule has 0 bridgehead atoms. The zero-order valence-corrected chi connectivity index (χ0v) is 10.8. The molecule has 2 N–H and O–H groups in total. The van der Waals surface area contributed by atoms with E-state index in [9.17, 15) is 22.8 Å². The predicted molar refractivity (Wildman–Crippen MR) is 60.6 cm³/mol. The van der Waals surface area contributed by atoms with Crippen LogP contribution in [-0.4, -0.2) is 46.3 Å². The fraction of sp³-hybridized carbons (Fsp3) is 0.818. The summed E-state index contributed by atoms with van der Waals surface area (Å²) in [7, 11) is 0. The molecule has 19 heavy (non-hydrogen) atoms. The number of carboxylic acid groups (broad SMARTS) is 1. The summed E-state index contributed by atoms with van der Waals surface area (Å²) in [5, 5.41) is 11.3. The van der Waals surface area contributed by atoms with Crippen molar-refractivity contribution in [1.29, 1.82) is 0 Å². The number of carbonyl (C=O) groups excluding carboxylic acids is 1. The van der Waals surface area contributed by atoms with Crippen LogP contribution < -0.4 is 5.32 Å². The van der Waals surface area contributed by atoms with Crippen LogP contribution in [0.5, 0.6) is 0 Å². The fourth-order valence-electron chi connectivity index (χ4n) is 1.88. The normalized spacial score (nSPS) is 17.8. The third-order valence-corrected chi connectivity index (χ3v) is 3.20. The third kappa shape index (κ3) is 3.74. The minimum atomic E-state index is -4.52. The Labute approximate surface area is 108 Å². The van der Waals surface area contributed by atoms with E-state index in [4.69, 9.17) is 5.11 Å². The van der Waals surface area contributed by atoms with Crippen LogP contribution in [0.25, 0.3) is 0 Å². The molecule has 5 nitrogen and oxygen atoms in total. The quantitative estimate of drug-likeness (QED) is 0.828. The second-order valence-corrected chi connectivity index (χ2v) is 5.01. The number of hydrogen-bond acceptors (Lipinski definition) is 2. The number of alkyl halides is 3. The first-order valence-corrected chi connectivity index (χ1v) is 5.96. The Morgan fingerprint density at radius 2 is 1.89 bits per heavy atom. The van der Waals surface area contributed by atoms with Gasteiger partial charge in [0.25, 0.3) is 0 Å². The molecule has 1 aliphatic rings. The standard InChI is InChI=1S/C11H17F3N2O3/c1-7(2)16(6-11(12,13)14)9(19)15-10(8(17)18)4-3-5-10/h7H,3-6H2,1-2H3,(H,15,19)(H,17,18). The van der Waals surface area contributed by atoms with Crippen molar-refractivity contribution < 1.29 is 27.9 Å². The van der Waals surface area contributed by atoms with Crippen LogP contribution in [0, 0.1) is 0 Å². The van der Waals surface area contributed by atoms with Crippen molar-refractivity contribution in [3.63, 3.8) is 0 Å². The number of halogens is 3. The van der Waals surface area contributed by atoms with E-state index >= 15 is 0 Å². The number of carboxylic acids is 1. The van der Waals surface area contributed by atoms with Gasteiger partial charge in [-0.05, 0) is 33.1 Å². The number of carbonyl (C=O) groups is 2. The van der Waals surface area contributed by atoms with Gasteiger partial charge in [0.2, 0.25) is 0 Å². The molecule has 1 rings (SSSR count). The minimum absolute atomic E-state index is 0.242. The summed E-state index contributed by atoms with van der Waals surface area (Å²) >= 11 is 0. The highest BCUT2D eigenvalue weighted by atomic mass is 19.4. The Kier molecular flexibility index (Phi) is 4.32. The molecule has 0 spiro atoms. The number of urea groups is 1. The molecule has 0 aromatic carbocycles. The summed E-state index contributed by atoms with van der Waals surface area (Å²) in [4.78, 5) is 23.5. The highest BCUT2D eigenvalue weighted by Gasteiger charge is 2.47. The van der Waals surface area contributed by atoms with Crippen LogP contribution in [-0.2, 0) is 4.79 Å². The molecule has 2 amide bonds. The number of nitrogens with one attached hydrogen (secondary N) is 1. The Hall–Kier alpha value is -1.47. The van der Waals surface area contributed by atoms with Crippen LogP contribution in [0.15, 0.2) is 0 Å². The Morgan fingerprint density at radius 1 is 1.37 bits per heavy atom. The maximum Gasteiger partial charge on any atom is 0.406 e. The molecule has 1 aliphatic carbocycles. The van der Waals surface area contributed by atoms with Gasteiger partial charge in [0.1, 0.15) is 12.1 Å². The minimum Gasteiger partial charge on any atom is -0.480 e. The molecule has 0 unspecified atom stereocenters. The number of rotatable bonds is 4. The van der Waals surface area contributed by atoms with Crippen molar-refractivity contribution in [3.8, 4) is 0 Å². The van der Waals surface area contributed by atoms with E-state index in [2.05, 4.69) is 5.32 Å². The van der Waals surface area contributed by atoms with Crippen molar-refractivity contribution >= 4 is 12.0 Å². The smallest absolute Gasteiger partial charge is 0.406 e. The van der Waals surface area contributed by atoms with E-state index in [0.717, 1.165) is 0 Å². The summed E-state index contributed by atoms with van der Waals surface area (Å²) in [6.45, 7) is 1.49. The van der Waals surface area contributed by atoms with Crippen molar-refractivity contribution in [2.75, 3.05) is 6.54 Å². The van der Waals surface area contributed by atoms with Gasteiger partial charge >= 0.3 is 18.2 Å². The summed E-state index contributed by atoms with van der Waals surface area (Å²) < 4.78 is 37.1. The third-order valence-electron chi connectivity index (χ3n) is 3.20. The number of amides is 2. The van der Waals surface area contributed by atoms with Gasteiger partial charge < -0.3 is 15.3 Å². The van der Waals surface area contributed by atoms with Crippen LogP contribution in [0.1, 0.15) is 33.1 Å². The molecule has 110 valence electrons. The first-order valence-electron chi connectivity index (χ1n) is 5.96. The maximum atomic E-state index is 12.4. The van der Waals surface area contributed by atoms with E-state index in [-0.39, 0.29) is 12.8 Å². The molecular weight excluding hydrogens is 265 g/mol. The zero-order valence-electron chi connectivity index (χ0n) is 10.8. The lowest BCUT2D eigenvalue weighted by Crippen LogP contribution is -2.63. The summed E-state index contributed by atoms with van der Waals surface area (Å²) in [5.41, 5.74) is -1.41. The van der Waals surface area contributed by atoms with Crippen molar-refractivity contribution in [3.05, 3.63) is 0 Å². The maximum absolute atomic E-state index is 12.4. The number of aliphatic carboxylic acids is 1. The molecule has 0 aromatic rings. The van der Waals surface area contributed by atoms with Crippen LogP contribution >= 0.6 is 0 Å². The molecule has 8 heteroatoms. The topological polar surface area (TPSA) is 69.6 Å². The van der Waals surface area contributed by atoms with E-state index in [1.165, 1.54) is 13.8 Å². The monoisotopic (exact) mass is 282 g/mol. The molecule has 0 atom stereocenters. The fourth-order valence-corrected chi connectivity index (χ4v) is 1.88. The summed E-state index contributed by atoms with van der Waals surface area (Å²) in [5.74, 6) is -1.21. The zero-order chi connectivity index (χ0) is 14.8. The van der Waals surface area contributed by atoms with Gasteiger partial charge in [-0.25, -0.2) is 9.59 Å². The largest absolute Gasteiger partial charge is 0.480 e. The van der Waals surface area contributed by atoms with Crippen molar-refractivity contribution in [1.82, 2.24) is 10.2 Å². The van der Waals surface area contributed by atoms with E-state index in [1.54, 1.807) is 0 Å². The van der Waals surface area contributed by atoms with E-state index in [0.29, 0.717) is 11.3 Å². The van der Waals surface area contributed by atoms with Gasteiger partial charge in [0.15, 0.2) is 0 Å². The molecule has 0 aliphatic heterocycles. The predicted octanol–water partition coefficient (Wildman–Crippen LogP) is 1.98. The van der Waals surface area contributed by atoms with Crippen LogP contribution in [0.3, 0.4) is 0 Å². The second-order valence-electron chi connectivity index (χ2n) is 5.01. The first kappa shape index (κ1) is 15.6. The molecule has 1 saturated carbocycles. The lowest BCUT2D eigenvalue weighted by molar-refractivity contribution is -0.149. The van der Waals surface area contributed by atoms with Gasteiger partial charge in [-0.1, -0.05) is 0 Å². The van der Waals surface area contributed by atoms with Crippen LogP contribution in [0.2, 0.25) is 0 Å². The van der Waals surface area contributed by atoms with Gasteiger partial charge in [-0.3, -0.25) is 0 Å². The van der Waals surface area contributed by atoms with E-state index < -0.39 is 36.3 Å². The summed E-state index contributed by atoms with van der Waals surface area (Å²) in [6, 6.07) is -1.66. The molecule has 0 heterocycles. The highest BCUT2D eigenvalue weighted by Crippen LogP contribution is 2.32. The molecular formula is C11H17F3N2O3. The highest BCUT2D eigenvalue weighted by molar-refractivity contribution is 5.87. The van der Waals surface area contributed by atoms with Gasteiger partial charge in [0, 0.05) is 6.04 Å².